The highest BCUT2D eigenvalue weighted by Crippen LogP contribution is 2.42. The number of amides is 1. The number of hydrogen-bond acceptors (Lipinski definition) is 7. The molecule has 0 bridgehead atoms. The molecule has 0 spiro atoms. The maximum atomic E-state index is 13.9. The number of Topliss-reactive ketones (excluding diaryl/α,β-unsaturated/α-hetero) is 1. The number of nitrogens with one attached hydrogen (secondary N) is 1. The van der Waals surface area contributed by atoms with Crippen LogP contribution in [0.15, 0.2) is 42.0 Å². The van der Waals surface area contributed by atoms with Gasteiger partial charge in [0.05, 0.1) is 45.6 Å². The summed E-state index contributed by atoms with van der Waals surface area (Å²) < 4.78 is 22.8. The summed E-state index contributed by atoms with van der Waals surface area (Å²) in [4.78, 5) is 29.7. The first-order chi connectivity index (χ1) is 18.9. The number of morpholine rings is 1. The van der Waals surface area contributed by atoms with Crippen molar-refractivity contribution in [3.8, 4) is 17.2 Å². The molecular formula is C30H36N2O7. The van der Waals surface area contributed by atoms with Crippen LogP contribution in [-0.2, 0) is 20.7 Å². The Kier molecular flexibility index (Phi) is 8.09. The van der Waals surface area contributed by atoms with Crippen molar-refractivity contribution in [2.24, 2.45) is 0 Å². The van der Waals surface area contributed by atoms with E-state index in [1.165, 1.54) is 4.90 Å². The van der Waals surface area contributed by atoms with Gasteiger partial charge in [-0.25, -0.2) is 0 Å². The van der Waals surface area contributed by atoms with Crippen LogP contribution in [0.1, 0.15) is 43.5 Å². The molecule has 0 radical (unpaired) electrons. The fourth-order valence-corrected chi connectivity index (χ4v) is 5.59. The van der Waals surface area contributed by atoms with E-state index in [1.54, 1.807) is 35.2 Å². The van der Waals surface area contributed by atoms with Gasteiger partial charge >= 0.3 is 0 Å². The number of hydrogen-bond donors (Lipinski definition) is 1. The molecule has 2 atom stereocenters. The monoisotopic (exact) mass is 536 g/mol. The van der Waals surface area contributed by atoms with Gasteiger partial charge in [0, 0.05) is 12.0 Å². The molecule has 2 aromatic rings. The Morgan fingerprint density at radius 2 is 1.79 bits per heavy atom. The van der Waals surface area contributed by atoms with Crippen molar-refractivity contribution in [3.05, 3.63) is 58.7 Å². The molecule has 5 rings (SSSR count). The van der Waals surface area contributed by atoms with Gasteiger partial charge in [-0.3, -0.25) is 9.59 Å². The van der Waals surface area contributed by atoms with Crippen LogP contribution in [0.5, 0.6) is 17.2 Å². The Morgan fingerprint density at radius 1 is 1.05 bits per heavy atom. The van der Waals surface area contributed by atoms with Crippen molar-refractivity contribution in [2.75, 3.05) is 52.6 Å². The summed E-state index contributed by atoms with van der Waals surface area (Å²) in [5.41, 5.74) is 1.91. The third-order valence-electron chi connectivity index (χ3n) is 7.48. The zero-order valence-electron chi connectivity index (χ0n) is 22.8. The molecular weight excluding hydrogens is 500 g/mol. The number of likely N-dealkylation sites (tertiary alicyclic amines) is 1. The van der Waals surface area contributed by atoms with Crippen molar-refractivity contribution in [2.45, 2.75) is 39.3 Å². The van der Waals surface area contributed by atoms with E-state index in [4.69, 9.17) is 18.9 Å². The van der Waals surface area contributed by atoms with Crippen molar-refractivity contribution in [1.29, 1.82) is 0 Å². The fraction of sp³-hybridized carbons (Fsp3) is 0.467. The average molecular weight is 537 g/mol. The molecule has 39 heavy (non-hydrogen) atoms. The highest BCUT2D eigenvalue weighted by atomic mass is 16.5. The summed E-state index contributed by atoms with van der Waals surface area (Å²) in [6, 6.07) is 9.77. The van der Waals surface area contributed by atoms with E-state index in [0.29, 0.717) is 68.6 Å². The zero-order valence-corrected chi connectivity index (χ0v) is 22.8. The van der Waals surface area contributed by atoms with Gasteiger partial charge in [-0.1, -0.05) is 17.9 Å². The number of rotatable bonds is 9. The van der Waals surface area contributed by atoms with Gasteiger partial charge < -0.3 is 33.9 Å². The van der Waals surface area contributed by atoms with E-state index in [-0.39, 0.29) is 11.7 Å². The maximum Gasteiger partial charge on any atom is 0.295 e. The van der Waals surface area contributed by atoms with E-state index >= 15 is 0 Å². The van der Waals surface area contributed by atoms with Crippen LogP contribution in [-0.4, -0.2) is 75.3 Å². The van der Waals surface area contributed by atoms with Gasteiger partial charge in [0.25, 0.3) is 5.91 Å². The van der Waals surface area contributed by atoms with Gasteiger partial charge in [-0.2, -0.15) is 0 Å². The van der Waals surface area contributed by atoms with E-state index in [9.17, 15) is 14.7 Å². The molecule has 208 valence electrons. The minimum Gasteiger partial charge on any atom is -0.872 e. The van der Waals surface area contributed by atoms with Gasteiger partial charge in [0.15, 0.2) is 11.5 Å². The van der Waals surface area contributed by atoms with Crippen LogP contribution < -0.4 is 24.2 Å². The topological polar surface area (TPSA) is 102 Å². The molecule has 2 saturated heterocycles. The molecule has 2 aromatic carbocycles. The summed E-state index contributed by atoms with van der Waals surface area (Å²) in [6.07, 6.45) is 0.715. The van der Waals surface area contributed by atoms with Crippen LogP contribution in [0.25, 0.3) is 5.76 Å². The Hall–Kier alpha value is -3.56. The maximum absolute atomic E-state index is 13.9. The van der Waals surface area contributed by atoms with Gasteiger partial charge in [0.2, 0.25) is 5.78 Å². The molecule has 9 heteroatoms. The average Bonchev–Trinajstić information content (AvgIpc) is 3.44. The summed E-state index contributed by atoms with van der Waals surface area (Å²) in [6.45, 7) is 10.6. The summed E-state index contributed by atoms with van der Waals surface area (Å²) >= 11 is 0. The molecule has 3 aliphatic rings. The number of ketones is 1. The Balaban J connectivity index is 1.57. The minimum atomic E-state index is -0.823. The number of fused-ring (bicyclic) bond motifs is 1. The lowest BCUT2D eigenvalue weighted by Gasteiger charge is -2.30. The lowest BCUT2D eigenvalue weighted by molar-refractivity contribution is -0.907. The Bertz CT molecular complexity index is 1270. The predicted molar refractivity (Wildman–Crippen MR) is 142 cm³/mol. The first kappa shape index (κ1) is 27.0. The lowest BCUT2D eigenvalue weighted by atomic mass is 9.94. The van der Waals surface area contributed by atoms with Gasteiger partial charge in [0.1, 0.15) is 24.9 Å². The Morgan fingerprint density at radius 3 is 2.54 bits per heavy atom. The third-order valence-corrected chi connectivity index (χ3v) is 7.48. The molecule has 0 saturated carbocycles. The minimum absolute atomic E-state index is 0.0273. The molecule has 0 aliphatic carbocycles. The molecule has 0 aromatic heterocycles. The molecule has 2 unspecified atom stereocenters. The molecule has 9 nitrogen and oxygen atoms in total. The molecule has 1 N–H and O–H groups in total. The first-order valence-electron chi connectivity index (χ1n) is 13.8. The SMILES string of the molecule is CCOc1ccc(C2/C(=C(\[O-])c3ccc4c(c3)CC(C)O4)C(=O)C(=O)N2CC[NH+]2CCOCC2)cc1OCC. The van der Waals surface area contributed by atoms with Gasteiger partial charge in [-0.15, -0.1) is 0 Å². The van der Waals surface area contributed by atoms with Crippen LogP contribution in [0.2, 0.25) is 0 Å². The van der Waals surface area contributed by atoms with E-state index in [2.05, 4.69) is 0 Å². The second kappa shape index (κ2) is 11.7. The van der Waals surface area contributed by atoms with Crippen molar-refractivity contribution < 1.29 is 38.5 Å². The number of benzene rings is 2. The van der Waals surface area contributed by atoms with Crippen LogP contribution >= 0.6 is 0 Å². The van der Waals surface area contributed by atoms with Crippen molar-refractivity contribution in [3.63, 3.8) is 0 Å². The number of quaternary nitrogens is 1. The number of carbonyl (C=O) groups is 2. The molecule has 2 fully saturated rings. The molecule has 3 aliphatic heterocycles. The zero-order chi connectivity index (χ0) is 27.5. The van der Waals surface area contributed by atoms with Gasteiger partial charge in [-0.05, 0) is 61.7 Å². The standard InChI is InChI=1S/C30H36N2O7/c1-4-37-24-9-6-20(18-25(24)38-5-2)27-26(28(33)21-7-8-23-22(17-21)16-19(3)39-23)29(34)30(35)32(27)11-10-31-12-14-36-15-13-31/h6-9,17-19,27,33H,4-5,10-16H2,1-3H3/b28-26+. The highest BCUT2D eigenvalue weighted by Gasteiger charge is 2.45. The summed E-state index contributed by atoms with van der Waals surface area (Å²) in [5, 5.41) is 13.9. The number of nitrogens with zero attached hydrogens (tertiary/aromatic N) is 1. The quantitative estimate of drug-likeness (QED) is 0.289. The smallest absolute Gasteiger partial charge is 0.295 e. The second-order valence-corrected chi connectivity index (χ2v) is 10.1. The molecule has 1 amide bonds. The Labute approximate surface area is 228 Å². The van der Waals surface area contributed by atoms with Crippen molar-refractivity contribution >= 4 is 17.4 Å². The summed E-state index contributed by atoms with van der Waals surface area (Å²) in [5.74, 6) is -0.00682. The van der Waals surface area contributed by atoms with Crippen molar-refractivity contribution in [1.82, 2.24) is 4.90 Å². The summed E-state index contributed by atoms with van der Waals surface area (Å²) in [7, 11) is 0. The van der Waals surface area contributed by atoms with Crippen LogP contribution in [0.4, 0.5) is 0 Å². The highest BCUT2D eigenvalue weighted by molar-refractivity contribution is 6.46. The fourth-order valence-electron chi connectivity index (χ4n) is 5.59. The van der Waals surface area contributed by atoms with Crippen LogP contribution in [0.3, 0.4) is 0 Å². The number of ether oxygens (including phenoxy) is 4. The predicted octanol–water partition coefficient (Wildman–Crippen LogP) is 0.947. The second-order valence-electron chi connectivity index (χ2n) is 10.1. The van der Waals surface area contributed by atoms with E-state index < -0.39 is 23.5 Å². The molecule has 3 heterocycles. The largest absolute Gasteiger partial charge is 0.872 e. The third kappa shape index (κ3) is 5.46. The first-order valence-corrected chi connectivity index (χ1v) is 13.8. The lowest BCUT2D eigenvalue weighted by Crippen LogP contribution is -3.14. The van der Waals surface area contributed by atoms with Crippen LogP contribution in [0, 0.1) is 0 Å². The normalized spacial score (nSPS) is 22.6. The number of carbonyl (C=O) groups excluding carboxylic acids is 2. The van der Waals surface area contributed by atoms with E-state index in [0.717, 1.165) is 24.4 Å². The van der Waals surface area contributed by atoms with E-state index in [1.807, 2.05) is 26.8 Å².